The molecule has 8 nitrogen and oxygen atoms in total. The highest BCUT2D eigenvalue weighted by Gasteiger charge is 2.48. The lowest BCUT2D eigenvalue weighted by atomic mass is 9.99. The molecule has 0 spiro atoms. The molecule has 0 bridgehead atoms. The summed E-state index contributed by atoms with van der Waals surface area (Å²) in [6.45, 7) is 3.50. The quantitative estimate of drug-likeness (QED) is 0.538. The van der Waals surface area contributed by atoms with Crippen LogP contribution in [0.3, 0.4) is 0 Å². The van der Waals surface area contributed by atoms with E-state index in [0.717, 1.165) is 73.1 Å². The Balaban J connectivity index is 1.61. The van der Waals surface area contributed by atoms with E-state index in [0.29, 0.717) is 17.6 Å². The molecule has 0 radical (unpaired) electrons. The van der Waals surface area contributed by atoms with Crippen LogP contribution in [0.4, 0.5) is 5.82 Å². The third-order valence-electron chi connectivity index (χ3n) is 6.43. The Morgan fingerprint density at radius 1 is 1.36 bits per heavy atom. The van der Waals surface area contributed by atoms with Crippen molar-refractivity contribution in [3.8, 4) is 6.07 Å². The van der Waals surface area contributed by atoms with Gasteiger partial charge in [-0.25, -0.2) is 19.4 Å². The standard InChI is InChI=1S/C20H24N7O/c21-6-9-26-8-5-14(13-26)20(28)27(10-2-1-3-11-27)19-17-15-4-7-22-18(15)23-12-16(17)24-25-19/h4,7,12,14H,1-3,5,8-11,13H2,(H,22,23)(H,24,25)/q+1/t14-/m0/s1. The van der Waals surface area contributed by atoms with E-state index in [2.05, 4.69) is 31.1 Å². The number of H-pyrrole nitrogens is 2. The summed E-state index contributed by atoms with van der Waals surface area (Å²) in [7, 11) is 0. The van der Waals surface area contributed by atoms with Crippen LogP contribution >= 0.6 is 0 Å². The van der Waals surface area contributed by atoms with Crippen LogP contribution < -0.4 is 4.48 Å². The minimum atomic E-state index is -0.0339. The summed E-state index contributed by atoms with van der Waals surface area (Å²) in [4.78, 5) is 23.6. The second-order valence-corrected chi connectivity index (χ2v) is 8.02. The zero-order valence-corrected chi connectivity index (χ0v) is 15.8. The molecule has 1 atom stereocenters. The maximum Gasteiger partial charge on any atom is 0.324 e. The molecule has 2 fully saturated rings. The number of carbonyl (C=O) groups is 1. The summed E-state index contributed by atoms with van der Waals surface area (Å²) in [5.41, 5.74) is 1.62. The molecule has 2 aliphatic rings. The number of hydrogen-bond donors (Lipinski definition) is 2. The van der Waals surface area contributed by atoms with Gasteiger partial charge in [0.25, 0.3) is 0 Å². The Hall–Kier alpha value is -2.76. The number of nitriles is 1. The van der Waals surface area contributed by atoms with Gasteiger partial charge in [-0.05, 0) is 31.7 Å². The number of nitrogens with zero attached hydrogens (tertiary/aromatic N) is 5. The summed E-state index contributed by atoms with van der Waals surface area (Å²) >= 11 is 0. The van der Waals surface area contributed by atoms with Gasteiger partial charge in [-0.2, -0.15) is 10.4 Å². The molecule has 5 rings (SSSR count). The van der Waals surface area contributed by atoms with Crippen LogP contribution in [-0.2, 0) is 4.79 Å². The largest absolute Gasteiger partial charge is 0.346 e. The van der Waals surface area contributed by atoms with E-state index in [1.54, 1.807) is 6.20 Å². The molecule has 3 aromatic heterocycles. The van der Waals surface area contributed by atoms with E-state index in [1.165, 1.54) is 0 Å². The fourth-order valence-corrected chi connectivity index (χ4v) is 5.04. The maximum absolute atomic E-state index is 13.9. The lowest BCUT2D eigenvalue weighted by Crippen LogP contribution is -2.60. The summed E-state index contributed by atoms with van der Waals surface area (Å²) in [5, 5.41) is 18.7. The third-order valence-corrected chi connectivity index (χ3v) is 6.43. The average Bonchev–Trinajstić information content (AvgIpc) is 3.46. The minimum Gasteiger partial charge on any atom is -0.346 e. The van der Waals surface area contributed by atoms with Crippen LogP contribution in [0.1, 0.15) is 25.7 Å². The van der Waals surface area contributed by atoms with Crippen molar-refractivity contribution in [1.29, 1.82) is 5.26 Å². The van der Waals surface area contributed by atoms with Gasteiger partial charge in [0, 0.05) is 24.7 Å². The molecule has 144 valence electrons. The zero-order valence-electron chi connectivity index (χ0n) is 15.8. The van der Waals surface area contributed by atoms with E-state index in [4.69, 9.17) is 5.26 Å². The Kier molecular flexibility index (Phi) is 4.14. The van der Waals surface area contributed by atoms with E-state index in [-0.39, 0.29) is 11.8 Å². The number of aromatic nitrogens is 4. The second-order valence-electron chi connectivity index (χ2n) is 8.02. The summed E-state index contributed by atoms with van der Waals surface area (Å²) in [6.07, 6.45) is 7.69. The molecule has 8 heteroatoms. The number of amides is 1. The van der Waals surface area contributed by atoms with Crippen molar-refractivity contribution in [2.24, 2.45) is 5.92 Å². The molecular weight excluding hydrogens is 354 g/mol. The van der Waals surface area contributed by atoms with Gasteiger partial charge in [-0.1, -0.05) is 0 Å². The smallest absolute Gasteiger partial charge is 0.324 e. The first-order chi connectivity index (χ1) is 13.7. The average molecular weight is 378 g/mol. The van der Waals surface area contributed by atoms with Crippen LogP contribution in [0.25, 0.3) is 21.9 Å². The molecule has 0 saturated carbocycles. The van der Waals surface area contributed by atoms with Gasteiger partial charge in [-0.3, -0.25) is 4.90 Å². The Morgan fingerprint density at radius 3 is 3.04 bits per heavy atom. The number of rotatable bonds is 3. The van der Waals surface area contributed by atoms with Gasteiger partial charge in [0.1, 0.15) is 11.2 Å². The number of aromatic amines is 2. The van der Waals surface area contributed by atoms with Crippen LogP contribution in [0.5, 0.6) is 0 Å². The highest BCUT2D eigenvalue weighted by atomic mass is 16.2. The van der Waals surface area contributed by atoms with Crippen molar-refractivity contribution in [3.05, 3.63) is 18.5 Å². The highest BCUT2D eigenvalue weighted by Crippen LogP contribution is 2.38. The number of likely N-dealkylation sites (tertiary alicyclic amines) is 2. The molecule has 0 aromatic carbocycles. The van der Waals surface area contributed by atoms with Crippen molar-refractivity contribution >= 4 is 33.7 Å². The van der Waals surface area contributed by atoms with Crippen LogP contribution in [0.2, 0.25) is 0 Å². The fraction of sp³-hybridized carbons (Fsp3) is 0.500. The minimum absolute atomic E-state index is 0.0339. The van der Waals surface area contributed by atoms with Gasteiger partial charge in [-0.15, -0.1) is 0 Å². The molecular formula is C20H24N7O+. The number of nitrogens with one attached hydrogen (secondary N) is 2. The number of carbonyl (C=O) groups excluding carboxylic acids is 1. The normalized spacial score (nSPS) is 22.6. The summed E-state index contributed by atoms with van der Waals surface area (Å²) in [6, 6.07) is 4.22. The zero-order chi connectivity index (χ0) is 19.1. The molecule has 5 heterocycles. The third kappa shape index (κ3) is 2.54. The predicted molar refractivity (Wildman–Crippen MR) is 106 cm³/mol. The maximum atomic E-state index is 13.9. The summed E-state index contributed by atoms with van der Waals surface area (Å²) in [5.74, 6) is 1.14. The highest BCUT2D eigenvalue weighted by molar-refractivity contribution is 6.11. The first-order valence-corrected chi connectivity index (χ1v) is 10.0. The first-order valence-electron chi connectivity index (χ1n) is 10.0. The number of quaternary nitrogens is 1. The molecule has 1 amide bonds. The van der Waals surface area contributed by atoms with Crippen molar-refractivity contribution in [1.82, 2.24) is 29.5 Å². The van der Waals surface area contributed by atoms with E-state index >= 15 is 0 Å². The molecule has 2 aliphatic heterocycles. The van der Waals surface area contributed by atoms with Gasteiger partial charge in [0.05, 0.1) is 43.2 Å². The molecule has 0 unspecified atom stereocenters. The molecule has 2 saturated heterocycles. The van der Waals surface area contributed by atoms with E-state index < -0.39 is 0 Å². The van der Waals surface area contributed by atoms with E-state index in [1.807, 2.05) is 12.3 Å². The molecule has 3 aromatic rings. The van der Waals surface area contributed by atoms with Crippen LogP contribution in [0, 0.1) is 17.2 Å². The second kappa shape index (κ2) is 6.69. The lowest BCUT2D eigenvalue weighted by Gasteiger charge is -2.38. The van der Waals surface area contributed by atoms with Crippen molar-refractivity contribution in [2.75, 3.05) is 32.7 Å². The van der Waals surface area contributed by atoms with Gasteiger partial charge < -0.3 is 4.98 Å². The van der Waals surface area contributed by atoms with Crippen LogP contribution in [-0.4, -0.2) is 63.7 Å². The molecule has 2 N–H and O–H groups in total. The molecule has 0 aliphatic carbocycles. The van der Waals surface area contributed by atoms with Gasteiger partial charge in [0.15, 0.2) is 0 Å². The van der Waals surface area contributed by atoms with Crippen molar-refractivity contribution in [3.63, 3.8) is 0 Å². The van der Waals surface area contributed by atoms with Crippen molar-refractivity contribution < 1.29 is 4.79 Å². The van der Waals surface area contributed by atoms with Crippen molar-refractivity contribution in [2.45, 2.75) is 25.7 Å². The lowest BCUT2D eigenvalue weighted by molar-refractivity contribution is -0.135. The van der Waals surface area contributed by atoms with Gasteiger partial charge >= 0.3 is 5.91 Å². The first kappa shape index (κ1) is 17.3. The van der Waals surface area contributed by atoms with Gasteiger partial charge in [0.2, 0.25) is 5.82 Å². The van der Waals surface area contributed by atoms with E-state index in [9.17, 15) is 4.79 Å². The number of fused-ring (bicyclic) bond motifs is 3. The SMILES string of the molecule is N#CCN1CC[C@H](C(=O)[N+]2(c3[nH]nc4cnc5[nH]ccc5c34)CCCCC2)C1. The number of pyridine rings is 1. The predicted octanol–water partition coefficient (Wildman–Crippen LogP) is 2.30. The summed E-state index contributed by atoms with van der Waals surface area (Å²) < 4.78 is 0.339. The Labute approximate surface area is 162 Å². The fourth-order valence-electron chi connectivity index (χ4n) is 5.04. The Morgan fingerprint density at radius 2 is 2.21 bits per heavy atom. The number of piperidine rings is 1. The number of hydrogen-bond acceptors (Lipinski definition) is 5. The monoisotopic (exact) mass is 378 g/mol. The topological polar surface area (TPSA) is 101 Å². The Bertz CT molecular complexity index is 1070. The van der Waals surface area contributed by atoms with Crippen LogP contribution in [0.15, 0.2) is 18.5 Å². The molecule has 28 heavy (non-hydrogen) atoms.